The SMILES string of the molecule is O=S(=O)(Cl)c1ccc(Cc2nnc3n2CCC3)cc1. The van der Waals surface area contributed by atoms with E-state index in [9.17, 15) is 8.42 Å². The van der Waals surface area contributed by atoms with Crippen molar-refractivity contribution >= 4 is 19.7 Å². The van der Waals surface area contributed by atoms with E-state index in [0.29, 0.717) is 6.42 Å². The monoisotopic (exact) mass is 297 g/mol. The number of nitrogens with zero attached hydrogens (tertiary/aromatic N) is 3. The number of hydrogen-bond acceptors (Lipinski definition) is 4. The van der Waals surface area contributed by atoms with Gasteiger partial charge in [0, 0.05) is 30.1 Å². The Hall–Kier alpha value is -1.40. The van der Waals surface area contributed by atoms with Crippen molar-refractivity contribution in [3.8, 4) is 0 Å². The summed E-state index contributed by atoms with van der Waals surface area (Å²) >= 11 is 0. The van der Waals surface area contributed by atoms with Crippen LogP contribution in [0.5, 0.6) is 0 Å². The highest BCUT2D eigenvalue weighted by molar-refractivity contribution is 8.13. The lowest BCUT2D eigenvalue weighted by atomic mass is 10.1. The minimum Gasteiger partial charge on any atom is -0.315 e. The third-order valence-electron chi connectivity index (χ3n) is 3.25. The van der Waals surface area contributed by atoms with Gasteiger partial charge >= 0.3 is 0 Å². The number of aromatic nitrogens is 3. The Bertz CT molecular complexity index is 707. The maximum absolute atomic E-state index is 11.2. The summed E-state index contributed by atoms with van der Waals surface area (Å²) in [6, 6.07) is 6.54. The standard InChI is InChI=1S/C12H12ClN3O2S/c13-19(17,18)10-5-3-9(4-6-10)8-12-15-14-11-2-1-7-16(11)12/h3-6H,1-2,7-8H2. The van der Waals surface area contributed by atoms with Gasteiger partial charge in [-0.3, -0.25) is 0 Å². The number of benzene rings is 1. The molecule has 0 atom stereocenters. The van der Waals surface area contributed by atoms with Gasteiger partial charge < -0.3 is 4.57 Å². The van der Waals surface area contributed by atoms with Gasteiger partial charge in [0.05, 0.1) is 4.90 Å². The molecule has 1 aromatic heterocycles. The van der Waals surface area contributed by atoms with Gasteiger partial charge in [-0.05, 0) is 24.1 Å². The van der Waals surface area contributed by atoms with E-state index in [2.05, 4.69) is 14.8 Å². The second kappa shape index (κ2) is 4.61. The van der Waals surface area contributed by atoms with E-state index in [4.69, 9.17) is 10.7 Å². The fourth-order valence-corrected chi connectivity index (χ4v) is 3.06. The smallest absolute Gasteiger partial charge is 0.261 e. The van der Waals surface area contributed by atoms with Gasteiger partial charge in [-0.2, -0.15) is 0 Å². The largest absolute Gasteiger partial charge is 0.315 e. The van der Waals surface area contributed by atoms with Crippen LogP contribution in [0.3, 0.4) is 0 Å². The molecule has 100 valence electrons. The lowest BCUT2D eigenvalue weighted by molar-refractivity contribution is 0.609. The zero-order valence-corrected chi connectivity index (χ0v) is 11.7. The van der Waals surface area contributed by atoms with E-state index in [-0.39, 0.29) is 4.90 Å². The Morgan fingerprint density at radius 3 is 2.63 bits per heavy atom. The molecule has 2 aromatic rings. The van der Waals surface area contributed by atoms with Crippen LogP contribution >= 0.6 is 10.7 Å². The Morgan fingerprint density at radius 2 is 1.95 bits per heavy atom. The van der Waals surface area contributed by atoms with Crippen LogP contribution in [0.2, 0.25) is 0 Å². The quantitative estimate of drug-likeness (QED) is 0.810. The zero-order chi connectivity index (χ0) is 13.5. The van der Waals surface area contributed by atoms with Gasteiger partial charge in [0.15, 0.2) is 0 Å². The molecule has 7 heteroatoms. The van der Waals surface area contributed by atoms with Crippen LogP contribution in [-0.4, -0.2) is 23.2 Å². The van der Waals surface area contributed by atoms with E-state index in [0.717, 1.165) is 36.6 Å². The molecule has 5 nitrogen and oxygen atoms in total. The second-order valence-electron chi connectivity index (χ2n) is 4.55. The molecule has 0 N–H and O–H groups in total. The fourth-order valence-electron chi connectivity index (χ4n) is 2.29. The molecule has 0 saturated carbocycles. The topological polar surface area (TPSA) is 64.8 Å². The molecule has 1 aromatic carbocycles. The third kappa shape index (κ3) is 2.50. The fraction of sp³-hybridized carbons (Fsp3) is 0.333. The van der Waals surface area contributed by atoms with Gasteiger partial charge in [-0.15, -0.1) is 10.2 Å². The molecule has 0 amide bonds. The normalized spacial score (nSPS) is 14.6. The van der Waals surface area contributed by atoms with Crippen LogP contribution in [0.4, 0.5) is 0 Å². The Balaban J connectivity index is 1.84. The summed E-state index contributed by atoms with van der Waals surface area (Å²) in [5, 5.41) is 8.32. The molecule has 0 spiro atoms. The minimum atomic E-state index is -3.65. The summed E-state index contributed by atoms with van der Waals surface area (Å²) in [5.41, 5.74) is 0.992. The number of halogens is 1. The van der Waals surface area contributed by atoms with E-state index >= 15 is 0 Å². The summed E-state index contributed by atoms with van der Waals surface area (Å²) in [6.07, 6.45) is 2.74. The molecule has 0 aliphatic carbocycles. The first-order valence-corrected chi connectivity index (χ1v) is 8.29. The van der Waals surface area contributed by atoms with Crippen molar-refractivity contribution in [2.24, 2.45) is 0 Å². The number of hydrogen-bond donors (Lipinski definition) is 0. The minimum absolute atomic E-state index is 0.115. The molecule has 0 unspecified atom stereocenters. The average Bonchev–Trinajstić information content (AvgIpc) is 2.94. The van der Waals surface area contributed by atoms with Crippen LogP contribution in [-0.2, 0) is 28.4 Å². The first-order valence-electron chi connectivity index (χ1n) is 5.98. The summed E-state index contributed by atoms with van der Waals surface area (Å²) in [5.74, 6) is 1.96. The van der Waals surface area contributed by atoms with Crippen LogP contribution in [0.1, 0.15) is 23.6 Å². The highest BCUT2D eigenvalue weighted by Crippen LogP contribution is 2.19. The van der Waals surface area contributed by atoms with Crippen molar-refractivity contribution in [2.75, 3.05) is 0 Å². The highest BCUT2D eigenvalue weighted by Gasteiger charge is 2.17. The predicted octanol–water partition coefficient (Wildman–Crippen LogP) is 1.74. The van der Waals surface area contributed by atoms with Crippen molar-refractivity contribution in [1.29, 1.82) is 0 Å². The zero-order valence-electron chi connectivity index (χ0n) is 10.1. The molecule has 0 saturated heterocycles. The average molecular weight is 298 g/mol. The van der Waals surface area contributed by atoms with E-state index in [1.807, 2.05) is 0 Å². The maximum Gasteiger partial charge on any atom is 0.261 e. The van der Waals surface area contributed by atoms with Gasteiger partial charge in [0.1, 0.15) is 11.6 Å². The van der Waals surface area contributed by atoms with Crippen molar-refractivity contribution in [3.63, 3.8) is 0 Å². The van der Waals surface area contributed by atoms with Crippen molar-refractivity contribution in [2.45, 2.75) is 30.7 Å². The summed E-state index contributed by atoms with van der Waals surface area (Å²) < 4.78 is 24.4. The summed E-state index contributed by atoms with van der Waals surface area (Å²) in [6.45, 7) is 0.964. The molecule has 0 radical (unpaired) electrons. The molecular formula is C12H12ClN3O2S. The van der Waals surface area contributed by atoms with Gasteiger partial charge in [-0.25, -0.2) is 8.42 Å². The molecule has 0 fully saturated rings. The summed E-state index contributed by atoms with van der Waals surface area (Å²) in [7, 11) is 1.62. The number of rotatable bonds is 3. The van der Waals surface area contributed by atoms with E-state index in [1.54, 1.807) is 12.1 Å². The Labute approximate surface area is 115 Å². The van der Waals surface area contributed by atoms with E-state index in [1.165, 1.54) is 12.1 Å². The molecule has 1 aliphatic rings. The van der Waals surface area contributed by atoms with Crippen LogP contribution in [0, 0.1) is 0 Å². The van der Waals surface area contributed by atoms with Gasteiger partial charge in [0.25, 0.3) is 9.05 Å². The van der Waals surface area contributed by atoms with Gasteiger partial charge in [0.2, 0.25) is 0 Å². The van der Waals surface area contributed by atoms with Crippen LogP contribution in [0.25, 0.3) is 0 Å². The molecule has 1 aliphatic heterocycles. The molecule has 3 rings (SSSR count). The first kappa shape index (κ1) is 12.6. The lowest BCUT2D eigenvalue weighted by Crippen LogP contribution is -2.02. The second-order valence-corrected chi connectivity index (χ2v) is 7.11. The predicted molar refractivity (Wildman–Crippen MR) is 70.6 cm³/mol. The highest BCUT2D eigenvalue weighted by atomic mass is 35.7. The Kier molecular flexibility index (Phi) is 3.06. The lowest BCUT2D eigenvalue weighted by Gasteiger charge is -2.03. The van der Waals surface area contributed by atoms with Crippen LogP contribution in [0.15, 0.2) is 29.2 Å². The van der Waals surface area contributed by atoms with E-state index < -0.39 is 9.05 Å². The maximum atomic E-state index is 11.2. The van der Waals surface area contributed by atoms with Crippen molar-refractivity contribution in [1.82, 2.24) is 14.8 Å². The molecule has 0 bridgehead atoms. The van der Waals surface area contributed by atoms with Crippen LogP contribution < -0.4 is 0 Å². The Morgan fingerprint density at radius 1 is 1.21 bits per heavy atom. The molecule has 19 heavy (non-hydrogen) atoms. The summed E-state index contributed by atoms with van der Waals surface area (Å²) in [4.78, 5) is 0.115. The third-order valence-corrected chi connectivity index (χ3v) is 4.62. The van der Waals surface area contributed by atoms with Gasteiger partial charge in [-0.1, -0.05) is 12.1 Å². The molecule has 2 heterocycles. The first-order chi connectivity index (χ1) is 9.04. The van der Waals surface area contributed by atoms with Crippen molar-refractivity contribution in [3.05, 3.63) is 41.5 Å². The number of aryl methyl sites for hydroxylation is 1. The van der Waals surface area contributed by atoms with Crippen molar-refractivity contribution < 1.29 is 8.42 Å². The number of fused-ring (bicyclic) bond motifs is 1. The molecular weight excluding hydrogens is 286 g/mol.